The van der Waals surface area contributed by atoms with Crippen LogP contribution in [0.1, 0.15) is 30.5 Å². The predicted molar refractivity (Wildman–Crippen MR) is 100 cm³/mol. The van der Waals surface area contributed by atoms with Crippen molar-refractivity contribution < 1.29 is 9.47 Å². The first-order valence-electron chi connectivity index (χ1n) is 8.09. The normalized spacial score (nSPS) is 10.0. The molecule has 0 atom stereocenters. The molecule has 0 saturated heterocycles. The van der Waals surface area contributed by atoms with Crippen molar-refractivity contribution in [3.8, 4) is 17.6 Å². The van der Waals surface area contributed by atoms with Crippen LogP contribution in [0.15, 0.2) is 30.3 Å². The molecule has 24 heavy (non-hydrogen) atoms. The van der Waals surface area contributed by atoms with E-state index in [2.05, 4.69) is 19.1 Å². The topological polar surface area (TPSA) is 42.2 Å². The van der Waals surface area contributed by atoms with Crippen LogP contribution in [0.25, 0.3) is 21.5 Å². The summed E-state index contributed by atoms with van der Waals surface area (Å²) in [6.45, 7) is 8.08. The molecule has 3 rings (SSSR count). The average molecular weight is 321 g/mol. The Labute approximate surface area is 143 Å². The van der Waals surface area contributed by atoms with Gasteiger partial charge < -0.3 is 9.47 Å². The summed E-state index contributed by atoms with van der Waals surface area (Å²) in [6, 6.07) is 12.0. The third kappa shape index (κ3) is 2.76. The number of benzene rings is 3. The van der Waals surface area contributed by atoms with Crippen LogP contribution in [-0.2, 0) is 0 Å². The molecule has 0 unspecified atom stereocenters. The van der Waals surface area contributed by atoms with Crippen molar-refractivity contribution in [3.63, 3.8) is 0 Å². The van der Waals surface area contributed by atoms with Crippen LogP contribution in [0.2, 0.25) is 0 Å². The molecule has 0 aliphatic carbocycles. The van der Waals surface area contributed by atoms with Crippen LogP contribution in [0.4, 0.5) is 0 Å². The standard InChI is InChI=1S/C19H17NO2.C2H6/c1-11-7-17(21-3)18-12(2)15-6-5-13(10-20)8-14(15)9-16(18)19(11)22-4;1-2/h5-9H,1-4H3;1-2H3. The minimum atomic E-state index is 0.657. The maximum atomic E-state index is 9.11. The molecule has 3 heteroatoms. The van der Waals surface area contributed by atoms with Gasteiger partial charge in [0.1, 0.15) is 11.5 Å². The van der Waals surface area contributed by atoms with Crippen molar-refractivity contribution in [2.24, 2.45) is 0 Å². The lowest BCUT2D eigenvalue weighted by atomic mass is 9.94. The molecule has 0 aromatic heterocycles. The summed E-state index contributed by atoms with van der Waals surface area (Å²) in [7, 11) is 3.36. The van der Waals surface area contributed by atoms with Crippen molar-refractivity contribution in [2.45, 2.75) is 27.7 Å². The van der Waals surface area contributed by atoms with E-state index in [-0.39, 0.29) is 0 Å². The van der Waals surface area contributed by atoms with Crippen molar-refractivity contribution in [2.75, 3.05) is 14.2 Å². The second-order valence-corrected chi connectivity index (χ2v) is 5.40. The Morgan fingerprint density at radius 3 is 2.21 bits per heavy atom. The molecule has 3 nitrogen and oxygen atoms in total. The van der Waals surface area contributed by atoms with E-state index in [1.165, 1.54) is 0 Å². The highest BCUT2D eigenvalue weighted by Crippen LogP contribution is 2.41. The smallest absolute Gasteiger partial charge is 0.129 e. The number of methoxy groups -OCH3 is 2. The van der Waals surface area contributed by atoms with Gasteiger partial charge in [-0.25, -0.2) is 0 Å². The summed E-state index contributed by atoms with van der Waals surface area (Å²) < 4.78 is 11.2. The van der Waals surface area contributed by atoms with E-state index in [0.717, 1.165) is 44.2 Å². The Balaban J connectivity index is 0.00000100. The Morgan fingerprint density at radius 1 is 0.917 bits per heavy atom. The summed E-state index contributed by atoms with van der Waals surface area (Å²) in [5, 5.41) is 13.3. The van der Waals surface area contributed by atoms with Crippen molar-refractivity contribution in [3.05, 3.63) is 47.0 Å². The summed E-state index contributed by atoms with van der Waals surface area (Å²) in [4.78, 5) is 0. The lowest BCUT2D eigenvalue weighted by Gasteiger charge is -2.16. The number of nitriles is 1. The van der Waals surface area contributed by atoms with E-state index in [0.29, 0.717) is 5.56 Å². The van der Waals surface area contributed by atoms with Gasteiger partial charge >= 0.3 is 0 Å². The molecule has 0 radical (unpaired) electrons. The lowest BCUT2D eigenvalue weighted by Crippen LogP contribution is -1.95. The van der Waals surface area contributed by atoms with E-state index in [1.807, 2.05) is 45.0 Å². The van der Waals surface area contributed by atoms with E-state index in [4.69, 9.17) is 14.7 Å². The van der Waals surface area contributed by atoms with Crippen LogP contribution in [-0.4, -0.2) is 14.2 Å². The highest BCUT2D eigenvalue weighted by Gasteiger charge is 2.15. The number of hydrogen-bond donors (Lipinski definition) is 0. The van der Waals surface area contributed by atoms with Crippen LogP contribution >= 0.6 is 0 Å². The van der Waals surface area contributed by atoms with Crippen LogP contribution in [0.5, 0.6) is 11.5 Å². The first-order chi connectivity index (χ1) is 11.6. The second-order valence-electron chi connectivity index (χ2n) is 5.40. The molecular formula is C21H23NO2. The second kappa shape index (κ2) is 7.23. The van der Waals surface area contributed by atoms with E-state index >= 15 is 0 Å². The van der Waals surface area contributed by atoms with E-state index < -0.39 is 0 Å². The fourth-order valence-corrected chi connectivity index (χ4v) is 3.13. The van der Waals surface area contributed by atoms with Gasteiger partial charge in [-0.1, -0.05) is 19.9 Å². The zero-order valence-electron chi connectivity index (χ0n) is 15.2. The number of ether oxygens (including phenoxy) is 2. The number of aryl methyl sites for hydroxylation is 2. The fraction of sp³-hybridized carbons (Fsp3) is 0.286. The molecule has 0 spiro atoms. The molecule has 0 N–H and O–H groups in total. The SMILES string of the molecule is CC.COc1c(C)cc(OC)c2c(C)c3ccc(C#N)cc3cc12. The molecule has 3 aromatic carbocycles. The lowest BCUT2D eigenvalue weighted by molar-refractivity contribution is 0.408. The van der Waals surface area contributed by atoms with E-state index in [1.54, 1.807) is 14.2 Å². The van der Waals surface area contributed by atoms with Crippen LogP contribution in [0, 0.1) is 25.2 Å². The molecule has 124 valence electrons. The molecule has 0 saturated carbocycles. The molecule has 3 aromatic rings. The van der Waals surface area contributed by atoms with Gasteiger partial charge in [-0.3, -0.25) is 0 Å². The summed E-state index contributed by atoms with van der Waals surface area (Å²) in [5.74, 6) is 1.69. The maximum absolute atomic E-state index is 9.11. The third-order valence-corrected chi connectivity index (χ3v) is 4.15. The number of fused-ring (bicyclic) bond motifs is 2. The van der Waals surface area contributed by atoms with Crippen molar-refractivity contribution >= 4 is 21.5 Å². The van der Waals surface area contributed by atoms with Crippen molar-refractivity contribution in [1.82, 2.24) is 0 Å². The van der Waals surface area contributed by atoms with Gasteiger partial charge in [0.2, 0.25) is 0 Å². The predicted octanol–water partition coefficient (Wildman–Crippen LogP) is 5.52. The quantitative estimate of drug-likeness (QED) is 0.583. The van der Waals surface area contributed by atoms with Gasteiger partial charge in [0.25, 0.3) is 0 Å². The number of rotatable bonds is 2. The first kappa shape index (κ1) is 17.6. The zero-order valence-corrected chi connectivity index (χ0v) is 15.2. The van der Waals surface area contributed by atoms with Gasteiger partial charge in [0.05, 0.1) is 25.9 Å². The largest absolute Gasteiger partial charge is 0.496 e. The van der Waals surface area contributed by atoms with Crippen LogP contribution < -0.4 is 9.47 Å². The molecule has 0 aliphatic rings. The van der Waals surface area contributed by atoms with Gasteiger partial charge in [0.15, 0.2) is 0 Å². The van der Waals surface area contributed by atoms with Gasteiger partial charge in [-0.15, -0.1) is 0 Å². The summed E-state index contributed by atoms with van der Waals surface area (Å²) >= 11 is 0. The molecule has 0 fully saturated rings. The molecule has 0 heterocycles. The Bertz CT molecular complexity index is 936. The number of hydrogen-bond acceptors (Lipinski definition) is 3. The number of nitrogens with zero attached hydrogens (tertiary/aromatic N) is 1. The Kier molecular flexibility index (Phi) is 5.31. The average Bonchev–Trinajstić information content (AvgIpc) is 2.62. The molecule has 0 bridgehead atoms. The van der Waals surface area contributed by atoms with E-state index in [9.17, 15) is 0 Å². The first-order valence-corrected chi connectivity index (χ1v) is 8.09. The Morgan fingerprint density at radius 2 is 1.62 bits per heavy atom. The minimum Gasteiger partial charge on any atom is -0.496 e. The van der Waals surface area contributed by atoms with Gasteiger partial charge in [-0.2, -0.15) is 5.26 Å². The minimum absolute atomic E-state index is 0.657. The summed E-state index contributed by atoms with van der Waals surface area (Å²) in [6.07, 6.45) is 0. The highest BCUT2D eigenvalue weighted by molar-refractivity contribution is 6.07. The molecule has 0 amide bonds. The highest BCUT2D eigenvalue weighted by atomic mass is 16.5. The maximum Gasteiger partial charge on any atom is 0.129 e. The fourth-order valence-electron chi connectivity index (χ4n) is 3.13. The van der Waals surface area contributed by atoms with Gasteiger partial charge in [-0.05, 0) is 60.0 Å². The van der Waals surface area contributed by atoms with Gasteiger partial charge in [0, 0.05) is 10.8 Å². The zero-order chi connectivity index (χ0) is 17.9. The Hall–Kier alpha value is -2.73. The van der Waals surface area contributed by atoms with Crippen molar-refractivity contribution in [1.29, 1.82) is 5.26 Å². The van der Waals surface area contributed by atoms with Crippen LogP contribution in [0.3, 0.4) is 0 Å². The monoisotopic (exact) mass is 321 g/mol. The molecule has 0 aliphatic heterocycles. The third-order valence-electron chi connectivity index (χ3n) is 4.15. The molecular weight excluding hydrogens is 298 g/mol. The summed E-state index contributed by atoms with van der Waals surface area (Å²) in [5.41, 5.74) is 2.82.